The second kappa shape index (κ2) is 7.06. The van der Waals surface area contributed by atoms with Crippen LogP contribution in [0, 0.1) is 6.92 Å². The van der Waals surface area contributed by atoms with Gasteiger partial charge in [-0.1, -0.05) is 78.4 Å². The van der Waals surface area contributed by atoms with Gasteiger partial charge in [-0.25, -0.2) is 0 Å². The predicted octanol–water partition coefficient (Wildman–Crippen LogP) is 4.95. The first kappa shape index (κ1) is 14.6. The molecule has 0 aliphatic heterocycles. The lowest BCUT2D eigenvalue weighted by Crippen LogP contribution is -2.12. The zero-order chi connectivity index (χ0) is 15.2. The highest BCUT2D eigenvalue weighted by Crippen LogP contribution is 2.21. The van der Waals surface area contributed by atoms with Gasteiger partial charge in [0.15, 0.2) is 0 Å². The van der Waals surface area contributed by atoms with Gasteiger partial charge < -0.3 is 5.32 Å². The molecule has 1 N–H and O–H groups in total. The van der Waals surface area contributed by atoms with Crippen molar-refractivity contribution in [2.75, 3.05) is 0 Å². The monoisotopic (exact) mass is 287 g/mol. The molecular weight excluding hydrogens is 266 g/mol. The Hall–Kier alpha value is -2.38. The molecule has 1 nitrogen and oxygen atoms in total. The van der Waals surface area contributed by atoms with Crippen molar-refractivity contribution in [3.8, 4) is 11.1 Å². The van der Waals surface area contributed by atoms with E-state index in [9.17, 15) is 0 Å². The second-order valence-corrected chi connectivity index (χ2v) is 5.66. The van der Waals surface area contributed by atoms with Crippen LogP contribution in [0.15, 0.2) is 78.9 Å². The summed E-state index contributed by atoms with van der Waals surface area (Å²) in [6.07, 6.45) is 0. The number of aryl methyl sites for hydroxylation is 1. The van der Waals surface area contributed by atoms with Crippen LogP contribution in [0.2, 0.25) is 0 Å². The molecule has 3 aromatic rings. The lowest BCUT2D eigenvalue weighted by Gasteiger charge is -2.08. The third kappa shape index (κ3) is 3.84. The first-order chi connectivity index (χ1) is 10.8. The van der Waals surface area contributed by atoms with Gasteiger partial charge >= 0.3 is 0 Å². The van der Waals surface area contributed by atoms with Crippen LogP contribution in [0.5, 0.6) is 0 Å². The Bertz CT molecular complexity index is 714. The summed E-state index contributed by atoms with van der Waals surface area (Å²) in [7, 11) is 0. The van der Waals surface area contributed by atoms with Crippen LogP contribution in [0.3, 0.4) is 0 Å². The van der Waals surface area contributed by atoms with E-state index in [0.717, 1.165) is 13.1 Å². The molecule has 0 unspecified atom stereocenters. The van der Waals surface area contributed by atoms with E-state index in [1.54, 1.807) is 0 Å². The van der Waals surface area contributed by atoms with E-state index in [4.69, 9.17) is 0 Å². The van der Waals surface area contributed by atoms with Gasteiger partial charge in [0.1, 0.15) is 0 Å². The minimum Gasteiger partial charge on any atom is -0.309 e. The molecule has 0 saturated heterocycles. The van der Waals surface area contributed by atoms with Crippen LogP contribution in [0.4, 0.5) is 0 Å². The van der Waals surface area contributed by atoms with Gasteiger partial charge in [0.25, 0.3) is 0 Å². The zero-order valence-electron chi connectivity index (χ0n) is 12.9. The van der Waals surface area contributed by atoms with Crippen molar-refractivity contribution in [3.63, 3.8) is 0 Å². The van der Waals surface area contributed by atoms with Gasteiger partial charge in [-0.2, -0.15) is 0 Å². The molecule has 0 amide bonds. The fraction of sp³-hybridized carbons (Fsp3) is 0.143. The van der Waals surface area contributed by atoms with Crippen molar-refractivity contribution in [2.45, 2.75) is 20.0 Å². The largest absolute Gasteiger partial charge is 0.309 e. The normalized spacial score (nSPS) is 10.6. The minimum absolute atomic E-state index is 0.884. The highest BCUT2D eigenvalue weighted by molar-refractivity contribution is 5.64. The van der Waals surface area contributed by atoms with Gasteiger partial charge in [0.05, 0.1) is 0 Å². The van der Waals surface area contributed by atoms with Crippen LogP contribution in [-0.4, -0.2) is 0 Å². The van der Waals surface area contributed by atoms with Gasteiger partial charge in [0.2, 0.25) is 0 Å². The summed E-state index contributed by atoms with van der Waals surface area (Å²) in [6.45, 7) is 3.90. The summed E-state index contributed by atoms with van der Waals surface area (Å²) in [5.74, 6) is 0. The van der Waals surface area contributed by atoms with E-state index in [0.29, 0.717) is 0 Å². The SMILES string of the molecule is Cc1ccc(-c2cccc(CNCc3ccccc3)c2)cc1. The Labute approximate surface area is 132 Å². The van der Waals surface area contributed by atoms with Gasteiger partial charge in [-0.3, -0.25) is 0 Å². The number of hydrogen-bond acceptors (Lipinski definition) is 1. The highest BCUT2D eigenvalue weighted by atomic mass is 14.8. The maximum atomic E-state index is 3.51. The summed E-state index contributed by atoms with van der Waals surface area (Å²) in [6, 6.07) is 27.9. The number of nitrogens with one attached hydrogen (secondary N) is 1. The Kier molecular flexibility index (Phi) is 4.67. The molecule has 0 radical (unpaired) electrons. The maximum absolute atomic E-state index is 3.51. The molecular formula is C21H21N. The molecule has 0 bridgehead atoms. The second-order valence-electron chi connectivity index (χ2n) is 5.66. The van der Waals surface area contributed by atoms with E-state index < -0.39 is 0 Å². The Balaban J connectivity index is 1.65. The summed E-state index contributed by atoms with van der Waals surface area (Å²) in [5, 5.41) is 3.51. The van der Waals surface area contributed by atoms with Gasteiger partial charge in [-0.15, -0.1) is 0 Å². The smallest absolute Gasteiger partial charge is 0.0208 e. The third-order valence-electron chi connectivity index (χ3n) is 3.81. The summed E-state index contributed by atoms with van der Waals surface area (Å²) >= 11 is 0. The molecule has 110 valence electrons. The molecule has 0 spiro atoms. The number of benzene rings is 3. The average molecular weight is 287 g/mol. The predicted molar refractivity (Wildman–Crippen MR) is 93.6 cm³/mol. The summed E-state index contributed by atoms with van der Waals surface area (Å²) in [4.78, 5) is 0. The summed E-state index contributed by atoms with van der Waals surface area (Å²) < 4.78 is 0. The van der Waals surface area contributed by atoms with E-state index in [-0.39, 0.29) is 0 Å². The fourth-order valence-electron chi connectivity index (χ4n) is 2.55. The molecule has 0 saturated carbocycles. The van der Waals surface area contributed by atoms with Crippen molar-refractivity contribution in [2.24, 2.45) is 0 Å². The molecule has 22 heavy (non-hydrogen) atoms. The molecule has 1 heteroatoms. The minimum atomic E-state index is 0.884. The van der Waals surface area contributed by atoms with Crippen LogP contribution in [-0.2, 0) is 13.1 Å². The Morgan fingerprint density at radius 3 is 2.09 bits per heavy atom. The standard InChI is InChI=1S/C21H21N/c1-17-10-12-20(13-11-17)21-9-5-8-19(14-21)16-22-15-18-6-3-2-4-7-18/h2-14,22H,15-16H2,1H3. The topological polar surface area (TPSA) is 12.0 Å². The van der Waals surface area contributed by atoms with Gasteiger partial charge in [-0.05, 0) is 35.2 Å². The van der Waals surface area contributed by atoms with Crippen LogP contribution in [0.25, 0.3) is 11.1 Å². The molecule has 3 aromatic carbocycles. The molecule has 3 rings (SSSR count). The Morgan fingerprint density at radius 2 is 1.32 bits per heavy atom. The van der Waals surface area contributed by atoms with Crippen molar-refractivity contribution >= 4 is 0 Å². The number of rotatable bonds is 5. The van der Waals surface area contributed by atoms with Crippen molar-refractivity contribution < 1.29 is 0 Å². The zero-order valence-corrected chi connectivity index (χ0v) is 12.9. The van der Waals surface area contributed by atoms with Crippen molar-refractivity contribution in [1.82, 2.24) is 5.32 Å². The van der Waals surface area contributed by atoms with Gasteiger partial charge in [0, 0.05) is 13.1 Å². The van der Waals surface area contributed by atoms with Crippen molar-refractivity contribution in [1.29, 1.82) is 0 Å². The Morgan fingerprint density at radius 1 is 0.636 bits per heavy atom. The van der Waals surface area contributed by atoms with Crippen LogP contribution >= 0.6 is 0 Å². The fourth-order valence-corrected chi connectivity index (χ4v) is 2.55. The third-order valence-corrected chi connectivity index (χ3v) is 3.81. The van der Waals surface area contributed by atoms with Crippen LogP contribution in [0.1, 0.15) is 16.7 Å². The first-order valence-corrected chi connectivity index (χ1v) is 7.72. The molecule has 0 atom stereocenters. The first-order valence-electron chi connectivity index (χ1n) is 7.72. The average Bonchev–Trinajstić information content (AvgIpc) is 2.57. The molecule has 0 aliphatic rings. The van der Waals surface area contributed by atoms with Crippen molar-refractivity contribution in [3.05, 3.63) is 95.6 Å². The lowest BCUT2D eigenvalue weighted by atomic mass is 10.0. The van der Waals surface area contributed by atoms with E-state index >= 15 is 0 Å². The molecule has 0 aliphatic carbocycles. The quantitative estimate of drug-likeness (QED) is 0.700. The summed E-state index contributed by atoms with van der Waals surface area (Å²) in [5.41, 5.74) is 6.48. The number of hydrogen-bond donors (Lipinski definition) is 1. The maximum Gasteiger partial charge on any atom is 0.0208 e. The molecule has 0 aromatic heterocycles. The molecule has 0 heterocycles. The highest BCUT2D eigenvalue weighted by Gasteiger charge is 1.99. The molecule has 0 fully saturated rings. The lowest BCUT2D eigenvalue weighted by molar-refractivity contribution is 0.693. The van der Waals surface area contributed by atoms with E-state index in [1.165, 1.54) is 27.8 Å². The van der Waals surface area contributed by atoms with E-state index in [2.05, 4.69) is 91.1 Å². The van der Waals surface area contributed by atoms with Crippen LogP contribution < -0.4 is 5.32 Å². The van der Waals surface area contributed by atoms with E-state index in [1.807, 2.05) is 0 Å².